The average molecular weight is 260 g/mol. The number of hydrogen-bond acceptors (Lipinski definition) is 3. The number of anilines is 1. The standard InChI is InChI=1S/C15H20N2O2/c1-10-6-8-19-14(10)15(18)17-13-4-2-3-11-5-7-16-9-12(11)13/h2-4,10,14,16H,5-9H2,1H3,(H,17,18). The lowest BCUT2D eigenvalue weighted by molar-refractivity contribution is -0.126. The average Bonchev–Trinajstić information content (AvgIpc) is 2.85. The van der Waals surface area contributed by atoms with Crippen LogP contribution < -0.4 is 10.6 Å². The monoisotopic (exact) mass is 260 g/mol. The normalized spacial score (nSPS) is 25.9. The summed E-state index contributed by atoms with van der Waals surface area (Å²) in [6.45, 7) is 4.59. The Morgan fingerprint density at radius 1 is 1.47 bits per heavy atom. The zero-order valence-electron chi connectivity index (χ0n) is 11.2. The molecule has 19 heavy (non-hydrogen) atoms. The number of nitrogens with one attached hydrogen (secondary N) is 2. The van der Waals surface area contributed by atoms with E-state index in [0.717, 1.165) is 31.6 Å². The maximum atomic E-state index is 12.3. The van der Waals surface area contributed by atoms with E-state index in [4.69, 9.17) is 4.74 Å². The van der Waals surface area contributed by atoms with Crippen LogP contribution in [-0.2, 0) is 22.5 Å². The Morgan fingerprint density at radius 3 is 3.16 bits per heavy atom. The second-order valence-corrected chi connectivity index (χ2v) is 5.42. The molecule has 1 fully saturated rings. The van der Waals surface area contributed by atoms with Crippen molar-refractivity contribution in [2.24, 2.45) is 5.92 Å². The second kappa shape index (κ2) is 5.31. The fourth-order valence-electron chi connectivity index (χ4n) is 2.87. The van der Waals surface area contributed by atoms with Crippen LogP contribution in [0.5, 0.6) is 0 Å². The fourth-order valence-corrected chi connectivity index (χ4v) is 2.87. The number of ether oxygens (including phenoxy) is 1. The van der Waals surface area contributed by atoms with Gasteiger partial charge in [0, 0.05) is 18.8 Å². The van der Waals surface area contributed by atoms with Crippen molar-refractivity contribution in [1.82, 2.24) is 5.32 Å². The van der Waals surface area contributed by atoms with Crippen LogP contribution in [0, 0.1) is 5.92 Å². The molecule has 0 saturated carbocycles. The van der Waals surface area contributed by atoms with Gasteiger partial charge in [-0.1, -0.05) is 19.1 Å². The molecule has 2 aliphatic heterocycles. The van der Waals surface area contributed by atoms with E-state index in [2.05, 4.69) is 23.6 Å². The van der Waals surface area contributed by atoms with E-state index in [0.29, 0.717) is 12.5 Å². The van der Waals surface area contributed by atoms with E-state index < -0.39 is 0 Å². The Bertz CT molecular complexity index is 487. The molecule has 102 valence electrons. The molecule has 4 heteroatoms. The van der Waals surface area contributed by atoms with Gasteiger partial charge in [0.2, 0.25) is 0 Å². The van der Waals surface area contributed by atoms with E-state index in [1.54, 1.807) is 0 Å². The zero-order valence-corrected chi connectivity index (χ0v) is 11.2. The van der Waals surface area contributed by atoms with Crippen molar-refractivity contribution < 1.29 is 9.53 Å². The van der Waals surface area contributed by atoms with Gasteiger partial charge in [-0.15, -0.1) is 0 Å². The van der Waals surface area contributed by atoms with Gasteiger partial charge in [-0.25, -0.2) is 0 Å². The van der Waals surface area contributed by atoms with Crippen molar-refractivity contribution in [2.75, 3.05) is 18.5 Å². The number of benzene rings is 1. The molecule has 1 aromatic carbocycles. The molecule has 0 aromatic heterocycles. The zero-order chi connectivity index (χ0) is 13.2. The predicted molar refractivity (Wildman–Crippen MR) is 74.0 cm³/mol. The number of carbonyl (C=O) groups is 1. The smallest absolute Gasteiger partial charge is 0.253 e. The first-order valence-corrected chi connectivity index (χ1v) is 6.99. The molecule has 2 atom stereocenters. The highest BCUT2D eigenvalue weighted by Gasteiger charge is 2.31. The van der Waals surface area contributed by atoms with Crippen LogP contribution in [0.3, 0.4) is 0 Å². The van der Waals surface area contributed by atoms with Crippen LogP contribution in [0.15, 0.2) is 18.2 Å². The van der Waals surface area contributed by atoms with E-state index in [-0.39, 0.29) is 12.0 Å². The molecule has 2 N–H and O–H groups in total. The molecule has 0 bridgehead atoms. The first-order chi connectivity index (χ1) is 9.25. The minimum Gasteiger partial charge on any atom is -0.368 e. The molecular formula is C15H20N2O2. The first kappa shape index (κ1) is 12.6. The van der Waals surface area contributed by atoms with Crippen molar-refractivity contribution in [3.05, 3.63) is 29.3 Å². The van der Waals surface area contributed by atoms with E-state index >= 15 is 0 Å². The van der Waals surface area contributed by atoms with E-state index in [1.165, 1.54) is 11.1 Å². The van der Waals surface area contributed by atoms with Crippen LogP contribution >= 0.6 is 0 Å². The van der Waals surface area contributed by atoms with Crippen molar-refractivity contribution in [1.29, 1.82) is 0 Å². The number of hydrogen-bond donors (Lipinski definition) is 2. The van der Waals surface area contributed by atoms with E-state index in [9.17, 15) is 4.79 Å². The fraction of sp³-hybridized carbons (Fsp3) is 0.533. The quantitative estimate of drug-likeness (QED) is 0.851. The highest BCUT2D eigenvalue weighted by molar-refractivity contribution is 5.95. The molecule has 2 heterocycles. The Balaban J connectivity index is 1.78. The topological polar surface area (TPSA) is 50.4 Å². The first-order valence-electron chi connectivity index (χ1n) is 6.99. The third-order valence-corrected chi connectivity index (χ3v) is 4.05. The van der Waals surface area contributed by atoms with Gasteiger partial charge in [0.1, 0.15) is 6.10 Å². The number of carbonyl (C=O) groups excluding carboxylic acids is 1. The van der Waals surface area contributed by atoms with Crippen LogP contribution in [0.4, 0.5) is 5.69 Å². The largest absolute Gasteiger partial charge is 0.368 e. The molecule has 3 rings (SSSR count). The summed E-state index contributed by atoms with van der Waals surface area (Å²) in [6, 6.07) is 6.13. The molecule has 0 radical (unpaired) electrons. The van der Waals surface area contributed by atoms with Crippen LogP contribution in [0.25, 0.3) is 0 Å². The molecular weight excluding hydrogens is 240 g/mol. The Hall–Kier alpha value is -1.39. The lowest BCUT2D eigenvalue weighted by atomic mass is 9.98. The Labute approximate surface area is 113 Å². The number of amides is 1. The molecule has 0 aliphatic carbocycles. The predicted octanol–water partition coefficient (Wildman–Crippen LogP) is 1.70. The molecule has 0 spiro atoms. The van der Waals surface area contributed by atoms with Gasteiger partial charge in [0.05, 0.1) is 0 Å². The minimum absolute atomic E-state index is 0.0102. The van der Waals surface area contributed by atoms with E-state index in [1.807, 2.05) is 12.1 Å². The van der Waals surface area contributed by atoms with Crippen molar-refractivity contribution in [3.63, 3.8) is 0 Å². The van der Waals surface area contributed by atoms with Gasteiger partial charge < -0.3 is 15.4 Å². The summed E-state index contributed by atoms with van der Waals surface area (Å²) in [7, 11) is 0. The lowest BCUT2D eigenvalue weighted by Crippen LogP contribution is -2.32. The molecule has 2 unspecified atom stereocenters. The maximum absolute atomic E-state index is 12.3. The van der Waals surface area contributed by atoms with Crippen LogP contribution in [0.1, 0.15) is 24.5 Å². The molecule has 1 amide bonds. The summed E-state index contributed by atoms with van der Waals surface area (Å²) >= 11 is 0. The highest BCUT2D eigenvalue weighted by Crippen LogP contribution is 2.25. The summed E-state index contributed by atoms with van der Waals surface area (Å²) in [5.41, 5.74) is 3.47. The summed E-state index contributed by atoms with van der Waals surface area (Å²) in [5, 5.41) is 6.39. The lowest BCUT2D eigenvalue weighted by Gasteiger charge is -2.22. The van der Waals surface area contributed by atoms with Gasteiger partial charge >= 0.3 is 0 Å². The third-order valence-electron chi connectivity index (χ3n) is 4.05. The highest BCUT2D eigenvalue weighted by atomic mass is 16.5. The summed E-state index contributed by atoms with van der Waals surface area (Å²) in [5.74, 6) is 0.293. The van der Waals surface area contributed by atoms with Gasteiger partial charge in [-0.2, -0.15) is 0 Å². The number of rotatable bonds is 2. The van der Waals surface area contributed by atoms with Crippen molar-refractivity contribution in [3.8, 4) is 0 Å². The Kier molecular flexibility index (Phi) is 3.53. The second-order valence-electron chi connectivity index (χ2n) is 5.42. The third kappa shape index (κ3) is 2.51. The van der Waals surface area contributed by atoms with Crippen LogP contribution in [-0.4, -0.2) is 25.2 Å². The van der Waals surface area contributed by atoms with Crippen molar-refractivity contribution >= 4 is 11.6 Å². The van der Waals surface area contributed by atoms with Gasteiger partial charge in [-0.3, -0.25) is 4.79 Å². The van der Waals surface area contributed by atoms with Crippen molar-refractivity contribution in [2.45, 2.75) is 32.4 Å². The molecule has 1 saturated heterocycles. The summed E-state index contributed by atoms with van der Waals surface area (Å²) in [4.78, 5) is 12.3. The SMILES string of the molecule is CC1CCOC1C(=O)Nc1cccc2c1CNCC2. The molecule has 4 nitrogen and oxygen atoms in total. The van der Waals surface area contributed by atoms with Gasteiger partial charge in [0.15, 0.2) is 0 Å². The Morgan fingerprint density at radius 2 is 2.37 bits per heavy atom. The maximum Gasteiger partial charge on any atom is 0.253 e. The van der Waals surface area contributed by atoms with Gasteiger partial charge in [-0.05, 0) is 42.5 Å². The van der Waals surface area contributed by atoms with Crippen LogP contribution in [0.2, 0.25) is 0 Å². The molecule has 2 aliphatic rings. The summed E-state index contributed by atoms with van der Waals surface area (Å²) < 4.78 is 5.52. The summed E-state index contributed by atoms with van der Waals surface area (Å²) in [6.07, 6.45) is 1.69. The minimum atomic E-state index is -0.299. The van der Waals surface area contributed by atoms with Gasteiger partial charge in [0.25, 0.3) is 5.91 Å². The number of fused-ring (bicyclic) bond motifs is 1. The molecule has 1 aromatic rings.